The van der Waals surface area contributed by atoms with Gasteiger partial charge in [0.2, 0.25) is 5.89 Å². The summed E-state index contributed by atoms with van der Waals surface area (Å²) in [5.41, 5.74) is 3.32. The molecule has 0 bridgehead atoms. The molecule has 1 aliphatic heterocycles. The molecule has 1 aromatic heterocycles. The molecule has 0 radical (unpaired) electrons. The van der Waals surface area contributed by atoms with E-state index in [-0.39, 0.29) is 17.6 Å². The van der Waals surface area contributed by atoms with Crippen molar-refractivity contribution in [1.82, 2.24) is 25.3 Å². The van der Waals surface area contributed by atoms with Gasteiger partial charge in [0.05, 0.1) is 0 Å². The van der Waals surface area contributed by atoms with Gasteiger partial charge in [-0.15, -0.1) is 10.2 Å². The molecule has 3 aromatic rings. The molecular formula is C25H30FN5O2. The Morgan fingerprint density at radius 3 is 2.61 bits per heavy atom. The van der Waals surface area contributed by atoms with Crippen LogP contribution in [-0.2, 0) is 6.54 Å². The summed E-state index contributed by atoms with van der Waals surface area (Å²) >= 11 is 0. The minimum atomic E-state index is -0.392. The molecular weight excluding hydrogens is 421 g/mol. The van der Waals surface area contributed by atoms with Crippen molar-refractivity contribution in [3.63, 3.8) is 0 Å². The van der Waals surface area contributed by atoms with Crippen LogP contribution in [0.1, 0.15) is 34.7 Å². The third kappa shape index (κ3) is 6.46. The second-order valence-electron chi connectivity index (χ2n) is 8.43. The number of carbonyl (C=O) groups excluding carboxylic acids is 1. The Morgan fingerprint density at radius 2 is 1.79 bits per heavy atom. The second-order valence-corrected chi connectivity index (χ2v) is 8.43. The number of aromatic nitrogens is 2. The Bertz CT molecular complexity index is 1050. The maximum Gasteiger partial charge on any atom is 0.308 e. The van der Waals surface area contributed by atoms with Crippen molar-refractivity contribution in [1.29, 1.82) is 0 Å². The SMILES string of the molecule is Cc1ccccc1CN1CCCN(CCCNC(=O)c2nnc(-c3ccc(F)cc3)o2)CC1. The summed E-state index contributed by atoms with van der Waals surface area (Å²) in [4.78, 5) is 17.3. The molecule has 1 aliphatic rings. The summed E-state index contributed by atoms with van der Waals surface area (Å²) in [7, 11) is 0. The average molecular weight is 452 g/mol. The van der Waals surface area contributed by atoms with Crippen molar-refractivity contribution in [2.45, 2.75) is 26.3 Å². The molecule has 8 heteroatoms. The Hall–Kier alpha value is -3.10. The van der Waals surface area contributed by atoms with Crippen molar-refractivity contribution >= 4 is 5.91 Å². The highest BCUT2D eigenvalue weighted by molar-refractivity contribution is 5.89. The monoisotopic (exact) mass is 451 g/mol. The lowest BCUT2D eigenvalue weighted by Gasteiger charge is -2.22. The van der Waals surface area contributed by atoms with Crippen molar-refractivity contribution in [2.75, 3.05) is 39.3 Å². The first-order valence-electron chi connectivity index (χ1n) is 11.5. The summed E-state index contributed by atoms with van der Waals surface area (Å²) in [5.74, 6) is -0.633. The molecule has 1 amide bonds. The summed E-state index contributed by atoms with van der Waals surface area (Å²) in [6, 6.07) is 14.3. The van der Waals surface area contributed by atoms with E-state index in [9.17, 15) is 9.18 Å². The first kappa shape index (κ1) is 23.1. The molecule has 1 N–H and O–H groups in total. The molecule has 0 atom stereocenters. The predicted molar refractivity (Wildman–Crippen MR) is 124 cm³/mol. The molecule has 7 nitrogen and oxygen atoms in total. The zero-order valence-electron chi connectivity index (χ0n) is 19.0. The highest BCUT2D eigenvalue weighted by atomic mass is 19.1. The van der Waals surface area contributed by atoms with Crippen LogP contribution in [0.2, 0.25) is 0 Å². The molecule has 0 unspecified atom stereocenters. The highest BCUT2D eigenvalue weighted by Crippen LogP contribution is 2.18. The van der Waals surface area contributed by atoms with Gasteiger partial charge in [0.25, 0.3) is 0 Å². The molecule has 0 aliphatic carbocycles. The van der Waals surface area contributed by atoms with Crippen LogP contribution in [0.15, 0.2) is 52.9 Å². The van der Waals surface area contributed by atoms with Crippen LogP contribution in [-0.4, -0.2) is 65.2 Å². The fraction of sp³-hybridized carbons (Fsp3) is 0.400. The van der Waals surface area contributed by atoms with Crippen LogP contribution in [0.5, 0.6) is 0 Å². The molecule has 174 valence electrons. The number of halogens is 1. The lowest BCUT2D eigenvalue weighted by Crippen LogP contribution is -2.33. The fourth-order valence-electron chi connectivity index (χ4n) is 4.04. The first-order valence-corrected chi connectivity index (χ1v) is 11.5. The van der Waals surface area contributed by atoms with E-state index in [4.69, 9.17) is 4.42 Å². The van der Waals surface area contributed by atoms with E-state index in [1.165, 1.54) is 35.4 Å². The topological polar surface area (TPSA) is 74.5 Å². The number of rotatable bonds is 8. The van der Waals surface area contributed by atoms with Crippen LogP contribution < -0.4 is 5.32 Å². The Kier molecular flexibility index (Phi) is 7.80. The minimum absolute atomic E-state index is 0.0871. The smallest absolute Gasteiger partial charge is 0.308 e. The number of benzene rings is 2. The van der Waals surface area contributed by atoms with Crippen LogP contribution >= 0.6 is 0 Å². The summed E-state index contributed by atoms with van der Waals surface area (Å²) in [6.45, 7) is 8.91. The van der Waals surface area contributed by atoms with E-state index in [2.05, 4.69) is 56.5 Å². The molecule has 2 aromatic carbocycles. The molecule has 0 saturated carbocycles. The van der Waals surface area contributed by atoms with Gasteiger partial charge in [0.15, 0.2) is 0 Å². The van der Waals surface area contributed by atoms with E-state index in [0.29, 0.717) is 12.1 Å². The second kappa shape index (κ2) is 11.2. The zero-order chi connectivity index (χ0) is 23.0. The molecule has 0 spiro atoms. The van der Waals surface area contributed by atoms with Gasteiger partial charge in [-0.3, -0.25) is 9.69 Å². The standard InChI is InChI=1S/C25H30FN5O2/c1-19-6-2-3-7-21(19)18-31-15-5-14-30(16-17-31)13-4-12-27-23(32)25-29-28-24(33-25)20-8-10-22(26)11-9-20/h2-3,6-11H,4-5,12-18H2,1H3,(H,27,32). The van der Waals surface area contributed by atoms with Gasteiger partial charge < -0.3 is 14.6 Å². The van der Waals surface area contributed by atoms with Crippen molar-refractivity contribution in [3.8, 4) is 11.5 Å². The Morgan fingerprint density at radius 1 is 1.03 bits per heavy atom. The van der Waals surface area contributed by atoms with Crippen LogP contribution in [0.4, 0.5) is 4.39 Å². The number of amides is 1. The Balaban J connectivity index is 1.17. The summed E-state index contributed by atoms with van der Waals surface area (Å²) in [6.07, 6.45) is 1.99. The van der Waals surface area contributed by atoms with Crippen LogP contribution in [0, 0.1) is 12.7 Å². The number of nitrogens with zero attached hydrogens (tertiary/aromatic N) is 4. The minimum Gasteiger partial charge on any atom is -0.412 e. The molecule has 4 rings (SSSR count). The van der Waals surface area contributed by atoms with E-state index in [0.717, 1.165) is 52.1 Å². The van der Waals surface area contributed by atoms with E-state index >= 15 is 0 Å². The van der Waals surface area contributed by atoms with Crippen LogP contribution in [0.25, 0.3) is 11.5 Å². The fourth-order valence-corrected chi connectivity index (χ4v) is 4.04. The van der Waals surface area contributed by atoms with E-state index in [1.54, 1.807) is 0 Å². The van der Waals surface area contributed by atoms with Gasteiger partial charge >= 0.3 is 11.8 Å². The molecule has 2 heterocycles. The predicted octanol–water partition coefficient (Wildman–Crippen LogP) is 3.51. The van der Waals surface area contributed by atoms with Gasteiger partial charge in [-0.25, -0.2) is 4.39 Å². The summed E-state index contributed by atoms with van der Waals surface area (Å²) < 4.78 is 18.5. The lowest BCUT2D eigenvalue weighted by molar-refractivity contribution is 0.0917. The molecule has 33 heavy (non-hydrogen) atoms. The summed E-state index contributed by atoms with van der Waals surface area (Å²) in [5, 5.41) is 10.5. The van der Waals surface area contributed by atoms with Gasteiger partial charge in [-0.1, -0.05) is 24.3 Å². The third-order valence-electron chi connectivity index (χ3n) is 5.98. The van der Waals surface area contributed by atoms with Crippen molar-refractivity contribution < 1.29 is 13.6 Å². The first-order chi connectivity index (χ1) is 16.1. The maximum absolute atomic E-state index is 13.1. The van der Waals surface area contributed by atoms with Gasteiger partial charge in [-0.05, 0) is 74.8 Å². The third-order valence-corrected chi connectivity index (χ3v) is 5.98. The number of aryl methyl sites for hydroxylation is 1. The molecule has 1 fully saturated rings. The van der Waals surface area contributed by atoms with E-state index in [1.807, 2.05) is 0 Å². The number of nitrogens with one attached hydrogen (secondary N) is 1. The zero-order valence-corrected chi connectivity index (χ0v) is 19.0. The van der Waals surface area contributed by atoms with E-state index < -0.39 is 5.91 Å². The quantitative estimate of drug-likeness (QED) is 0.529. The largest absolute Gasteiger partial charge is 0.412 e. The van der Waals surface area contributed by atoms with Crippen molar-refractivity contribution in [3.05, 3.63) is 71.4 Å². The van der Waals surface area contributed by atoms with Gasteiger partial charge in [0, 0.05) is 31.7 Å². The number of hydrogen-bond donors (Lipinski definition) is 1. The van der Waals surface area contributed by atoms with Crippen molar-refractivity contribution in [2.24, 2.45) is 0 Å². The maximum atomic E-state index is 13.1. The normalized spacial score (nSPS) is 15.3. The van der Waals surface area contributed by atoms with Gasteiger partial charge in [0.1, 0.15) is 5.82 Å². The lowest BCUT2D eigenvalue weighted by atomic mass is 10.1. The Labute approximate surface area is 193 Å². The number of carbonyl (C=O) groups is 1. The highest BCUT2D eigenvalue weighted by Gasteiger charge is 2.17. The van der Waals surface area contributed by atoms with Crippen LogP contribution in [0.3, 0.4) is 0 Å². The van der Waals surface area contributed by atoms with Gasteiger partial charge in [-0.2, -0.15) is 0 Å². The molecule has 1 saturated heterocycles. The number of hydrogen-bond acceptors (Lipinski definition) is 6. The average Bonchev–Trinajstić information content (AvgIpc) is 3.21.